The molecule has 0 saturated heterocycles. The molecular formula is C12H13F3O2. The summed E-state index contributed by atoms with van der Waals surface area (Å²) < 4.78 is 43.4. The lowest BCUT2D eigenvalue weighted by molar-refractivity contribution is -0.138. The van der Waals surface area contributed by atoms with E-state index >= 15 is 0 Å². The number of rotatable bonds is 4. The number of methoxy groups -OCH3 is 1. The first-order valence-electron chi connectivity index (χ1n) is 5.09. The van der Waals surface area contributed by atoms with Crippen LogP contribution in [0.3, 0.4) is 0 Å². The molecule has 0 aromatic heterocycles. The fraction of sp³-hybridized carbons (Fsp3) is 0.417. The highest BCUT2D eigenvalue weighted by Gasteiger charge is 2.35. The average Bonchev–Trinajstić information content (AvgIpc) is 2.27. The van der Waals surface area contributed by atoms with Crippen molar-refractivity contribution in [2.45, 2.75) is 25.4 Å². The van der Waals surface area contributed by atoms with Crippen molar-refractivity contribution in [3.63, 3.8) is 0 Å². The van der Waals surface area contributed by atoms with Gasteiger partial charge in [0, 0.05) is 12.0 Å². The minimum atomic E-state index is -4.44. The van der Waals surface area contributed by atoms with Crippen molar-refractivity contribution in [1.29, 1.82) is 0 Å². The van der Waals surface area contributed by atoms with Gasteiger partial charge < -0.3 is 9.53 Å². The second kappa shape index (κ2) is 5.21. The first-order valence-corrected chi connectivity index (χ1v) is 5.09. The molecule has 0 saturated carbocycles. The molecule has 1 aromatic carbocycles. The Kier molecular flexibility index (Phi) is 4.15. The molecule has 17 heavy (non-hydrogen) atoms. The summed E-state index contributed by atoms with van der Waals surface area (Å²) in [5.74, 6) is -0.366. The molecule has 5 heteroatoms. The zero-order chi connectivity index (χ0) is 13.1. The van der Waals surface area contributed by atoms with Crippen LogP contribution in [0.4, 0.5) is 13.2 Å². The molecule has 0 bridgehead atoms. The Morgan fingerprint density at radius 1 is 1.41 bits per heavy atom. The number of hydrogen-bond acceptors (Lipinski definition) is 2. The van der Waals surface area contributed by atoms with Gasteiger partial charge in [-0.2, -0.15) is 13.2 Å². The van der Waals surface area contributed by atoms with E-state index in [9.17, 15) is 18.0 Å². The maximum Gasteiger partial charge on any atom is 0.416 e. The number of aldehydes is 1. The van der Waals surface area contributed by atoms with E-state index in [0.717, 1.165) is 6.07 Å². The van der Waals surface area contributed by atoms with E-state index in [-0.39, 0.29) is 17.7 Å². The molecule has 1 unspecified atom stereocenters. The Morgan fingerprint density at radius 2 is 2.06 bits per heavy atom. The topological polar surface area (TPSA) is 26.3 Å². The van der Waals surface area contributed by atoms with Crippen LogP contribution >= 0.6 is 0 Å². The summed E-state index contributed by atoms with van der Waals surface area (Å²) in [5, 5.41) is 0. The van der Waals surface area contributed by atoms with Crippen molar-refractivity contribution in [3.05, 3.63) is 29.3 Å². The predicted octanol–water partition coefficient (Wildman–Crippen LogP) is 3.41. The van der Waals surface area contributed by atoms with Crippen LogP contribution in [0.25, 0.3) is 0 Å². The van der Waals surface area contributed by atoms with Crippen molar-refractivity contribution in [3.8, 4) is 5.75 Å². The molecular weight excluding hydrogens is 233 g/mol. The fourth-order valence-corrected chi connectivity index (χ4v) is 1.74. The van der Waals surface area contributed by atoms with Crippen LogP contribution in [0, 0.1) is 0 Å². The van der Waals surface area contributed by atoms with Crippen LogP contribution in [-0.4, -0.2) is 13.4 Å². The molecule has 0 spiro atoms. The first kappa shape index (κ1) is 13.5. The minimum absolute atomic E-state index is 0.0312. The predicted molar refractivity (Wildman–Crippen MR) is 57.1 cm³/mol. The normalized spacial score (nSPS) is 13.2. The van der Waals surface area contributed by atoms with E-state index in [2.05, 4.69) is 0 Å². The number of alkyl halides is 3. The highest BCUT2D eigenvalue weighted by Crippen LogP contribution is 2.40. The van der Waals surface area contributed by atoms with E-state index in [1.807, 2.05) is 0 Å². The second-order valence-corrected chi connectivity index (χ2v) is 3.72. The Hall–Kier alpha value is -1.52. The molecule has 0 radical (unpaired) electrons. The quantitative estimate of drug-likeness (QED) is 0.761. The van der Waals surface area contributed by atoms with Gasteiger partial charge in [-0.3, -0.25) is 0 Å². The van der Waals surface area contributed by atoms with Crippen molar-refractivity contribution >= 4 is 6.29 Å². The molecule has 0 amide bonds. The average molecular weight is 246 g/mol. The second-order valence-electron chi connectivity index (χ2n) is 3.72. The van der Waals surface area contributed by atoms with Gasteiger partial charge in [-0.05, 0) is 18.1 Å². The lowest BCUT2D eigenvalue weighted by Gasteiger charge is -2.19. The summed E-state index contributed by atoms with van der Waals surface area (Å²) in [6, 6.07) is 3.75. The number of benzene rings is 1. The van der Waals surface area contributed by atoms with Crippen LogP contribution in [-0.2, 0) is 11.0 Å². The standard InChI is InChI=1S/C12H13F3O2/c1-8(6-7-16)11-9(12(13,14)15)4-3-5-10(11)17-2/h3-5,7-8H,6H2,1-2H3. The number of carbonyl (C=O) groups excluding carboxylic acids is 1. The number of carbonyl (C=O) groups is 1. The van der Waals surface area contributed by atoms with E-state index in [1.165, 1.54) is 19.2 Å². The van der Waals surface area contributed by atoms with E-state index < -0.39 is 17.7 Å². The van der Waals surface area contributed by atoms with Gasteiger partial charge in [0.05, 0.1) is 12.7 Å². The molecule has 0 fully saturated rings. The molecule has 1 aromatic rings. The van der Waals surface area contributed by atoms with Crippen LogP contribution in [0.1, 0.15) is 30.4 Å². The molecule has 1 atom stereocenters. The van der Waals surface area contributed by atoms with E-state index in [1.54, 1.807) is 6.92 Å². The van der Waals surface area contributed by atoms with Crippen LogP contribution in [0.2, 0.25) is 0 Å². The van der Waals surface area contributed by atoms with E-state index in [0.29, 0.717) is 6.29 Å². The third kappa shape index (κ3) is 2.99. The fourth-order valence-electron chi connectivity index (χ4n) is 1.74. The van der Waals surface area contributed by atoms with Gasteiger partial charge in [0.25, 0.3) is 0 Å². The monoisotopic (exact) mass is 246 g/mol. The Bertz CT molecular complexity index is 399. The summed E-state index contributed by atoms with van der Waals surface area (Å²) in [7, 11) is 1.31. The molecule has 94 valence electrons. The van der Waals surface area contributed by atoms with Crippen molar-refractivity contribution < 1.29 is 22.7 Å². The highest BCUT2D eigenvalue weighted by molar-refractivity contribution is 5.54. The SMILES string of the molecule is COc1cccc(C(F)(F)F)c1C(C)CC=O. The van der Waals surface area contributed by atoms with Crippen LogP contribution in [0.15, 0.2) is 18.2 Å². The zero-order valence-corrected chi connectivity index (χ0v) is 9.54. The maximum absolute atomic E-state index is 12.8. The van der Waals surface area contributed by atoms with E-state index in [4.69, 9.17) is 4.74 Å². The molecule has 1 rings (SSSR count). The lowest BCUT2D eigenvalue weighted by Crippen LogP contribution is -2.12. The molecule has 0 aliphatic rings. The summed E-state index contributed by atoms with van der Waals surface area (Å²) in [6.45, 7) is 1.57. The molecule has 0 aliphatic heterocycles. The van der Waals surface area contributed by atoms with Gasteiger partial charge >= 0.3 is 6.18 Å². The minimum Gasteiger partial charge on any atom is -0.496 e. The Labute approximate surface area is 97.4 Å². The Morgan fingerprint density at radius 3 is 2.53 bits per heavy atom. The summed E-state index contributed by atoms with van der Waals surface area (Å²) >= 11 is 0. The van der Waals surface area contributed by atoms with Crippen molar-refractivity contribution in [1.82, 2.24) is 0 Å². The van der Waals surface area contributed by atoms with Crippen LogP contribution < -0.4 is 4.74 Å². The number of ether oxygens (including phenoxy) is 1. The molecule has 0 N–H and O–H groups in total. The summed E-state index contributed by atoms with van der Waals surface area (Å²) in [4.78, 5) is 10.4. The lowest BCUT2D eigenvalue weighted by atomic mass is 9.92. The summed E-state index contributed by atoms with van der Waals surface area (Å²) in [5.41, 5.74) is -0.708. The number of halogens is 3. The maximum atomic E-state index is 12.8. The van der Waals surface area contributed by atoms with Gasteiger partial charge in [0.15, 0.2) is 0 Å². The Balaban J connectivity index is 3.35. The van der Waals surface area contributed by atoms with Gasteiger partial charge in [-0.1, -0.05) is 13.0 Å². The smallest absolute Gasteiger partial charge is 0.416 e. The zero-order valence-electron chi connectivity index (χ0n) is 9.54. The largest absolute Gasteiger partial charge is 0.496 e. The molecule has 0 heterocycles. The van der Waals surface area contributed by atoms with Crippen molar-refractivity contribution in [2.24, 2.45) is 0 Å². The first-order chi connectivity index (χ1) is 7.91. The number of hydrogen-bond donors (Lipinski definition) is 0. The summed E-state index contributed by atoms with van der Waals surface area (Å²) in [6.07, 6.45) is -3.80. The third-order valence-electron chi connectivity index (χ3n) is 2.53. The van der Waals surface area contributed by atoms with Gasteiger partial charge in [-0.15, -0.1) is 0 Å². The highest BCUT2D eigenvalue weighted by atomic mass is 19.4. The van der Waals surface area contributed by atoms with Gasteiger partial charge in [0.1, 0.15) is 12.0 Å². The van der Waals surface area contributed by atoms with Gasteiger partial charge in [-0.25, -0.2) is 0 Å². The van der Waals surface area contributed by atoms with Gasteiger partial charge in [0.2, 0.25) is 0 Å². The third-order valence-corrected chi connectivity index (χ3v) is 2.53. The van der Waals surface area contributed by atoms with Crippen LogP contribution in [0.5, 0.6) is 5.75 Å². The van der Waals surface area contributed by atoms with Crippen molar-refractivity contribution in [2.75, 3.05) is 7.11 Å². The molecule has 2 nitrogen and oxygen atoms in total. The molecule has 0 aliphatic carbocycles.